The molecule has 1 heterocycles. The van der Waals surface area contributed by atoms with Gasteiger partial charge in [0.05, 0.1) is 10.7 Å². The molecule has 0 fully saturated rings. The van der Waals surface area contributed by atoms with Gasteiger partial charge in [0.2, 0.25) is 0 Å². The van der Waals surface area contributed by atoms with Crippen molar-refractivity contribution in [1.82, 2.24) is 9.97 Å². The zero-order chi connectivity index (χ0) is 13.8. The molecular formula is C12H8ClFN2O3. The van der Waals surface area contributed by atoms with Crippen LogP contribution in [0.3, 0.4) is 0 Å². The first kappa shape index (κ1) is 13.2. The Morgan fingerprint density at radius 3 is 2.95 bits per heavy atom. The second-order valence-corrected chi connectivity index (χ2v) is 3.96. The minimum Gasteiger partial charge on any atom is -0.487 e. The highest BCUT2D eigenvalue weighted by Gasteiger charge is 2.12. The summed E-state index contributed by atoms with van der Waals surface area (Å²) in [6.07, 6.45) is 2.41. The minimum absolute atomic E-state index is 0.0456. The van der Waals surface area contributed by atoms with Crippen LogP contribution in [0.4, 0.5) is 4.39 Å². The van der Waals surface area contributed by atoms with Crippen LogP contribution in [0.25, 0.3) is 0 Å². The molecular weight excluding hydrogens is 275 g/mol. The molecule has 0 aliphatic rings. The van der Waals surface area contributed by atoms with Crippen LogP contribution in [0.15, 0.2) is 30.7 Å². The third-order valence-electron chi connectivity index (χ3n) is 2.29. The van der Waals surface area contributed by atoms with Gasteiger partial charge in [-0.15, -0.1) is 0 Å². The Balaban J connectivity index is 2.14. The molecule has 19 heavy (non-hydrogen) atoms. The smallest absolute Gasteiger partial charge is 0.339 e. The van der Waals surface area contributed by atoms with Gasteiger partial charge in [-0.2, -0.15) is 0 Å². The van der Waals surface area contributed by atoms with Gasteiger partial charge >= 0.3 is 5.97 Å². The number of ether oxygens (including phenoxy) is 1. The van der Waals surface area contributed by atoms with E-state index in [-0.39, 0.29) is 22.9 Å². The summed E-state index contributed by atoms with van der Waals surface area (Å²) in [4.78, 5) is 18.4. The van der Waals surface area contributed by atoms with E-state index >= 15 is 0 Å². The molecule has 7 heteroatoms. The highest BCUT2D eigenvalue weighted by Crippen LogP contribution is 2.22. The Bertz CT molecular complexity index is 622. The van der Waals surface area contributed by atoms with Crippen molar-refractivity contribution in [2.75, 3.05) is 0 Å². The van der Waals surface area contributed by atoms with Crippen LogP contribution in [0.5, 0.6) is 5.75 Å². The quantitative estimate of drug-likeness (QED) is 0.933. The molecule has 98 valence electrons. The Morgan fingerprint density at radius 1 is 1.47 bits per heavy atom. The molecule has 0 spiro atoms. The van der Waals surface area contributed by atoms with Gasteiger partial charge in [0, 0.05) is 12.3 Å². The Hall–Kier alpha value is -2.21. The molecule has 0 radical (unpaired) electrons. The van der Waals surface area contributed by atoms with E-state index in [2.05, 4.69) is 9.97 Å². The van der Waals surface area contributed by atoms with Crippen molar-refractivity contribution in [3.63, 3.8) is 0 Å². The third-order valence-corrected chi connectivity index (χ3v) is 2.58. The highest BCUT2D eigenvalue weighted by molar-refractivity contribution is 6.30. The van der Waals surface area contributed by atoms with Crippen molar-refractivity contribution in [3.05, 3.63) is 52.8 Å². The van der Waals surface area contributed by atoms with Crippen molar-refractivity contribution in [2.45, 2.75) is 6.61 Å². The fourth-order valence-electron chi connectivity index (χ4n) is 1.37. The predicted molar refractivity (Wildman–Crippen MR) is 64.7 cm³/mol. The molecule has 0 aliphatic heterocycles. The molecule has 5 nitrogen and oxygen atoms in total. The van der Waals surface area contributed by atoms with Crippen molar-refractivity contribution >= 4 is 17.6 Å². The first-order valence-electron chi connectivity index (χ1n) is 5.18. The zero-order valence-electron chi connectivity index (χ0n) is 9.51. The van der Waals surface area contributed by atoms with Crippen molar-refractivity contribution < 1.29 is 19.0 Å². The number of aromatic carboxylic acids is 1. The number of carbonyl (C=O) groups is 1. The van der Waals surface area contributed by atoms with Crippen molar-refractivity contribution in [1.29, 1.82) is 0 Å². The first-order valence-corrected chi connectivity index (χ1v) is 5.55. The van der Waals surface area contributed by atoms with E-state index in [4.69, 9.17) is 21.4 Å². The van der Waals surface area contributed by atoms with E-state index in [0.29, 0.717) is 5.75 Å². The van der Waals surface area contributed by atoms with E-state index in [0.717, 1.165) is 6.07 Å². The lowest BCUT2D eigenvalue weighted by atomic mass is 10.2. The van der Waals surface area contributed by atoms with Gasteiger partial charge < -0.3 is 9.84 Å². The molecule has 0 aliphatic carbocycles. The Labute approximate surface area is 112 Å². The van der Waals surface area contributed by atoms with Gasteiger partial charge in [-0.05, 0) is 12.1 Å². The number of aromatic nitrogens is 2. The molecule has 0 atom stereocenters. The summed E-state index contributed by atoms with van der Waals surface area (Å²) in [5, 5.41) is 8.87. The van der Waals surface area contributed by atoms with Crippen LogP contribution in [-0.2, 0) is 6.61 Å². The lowest BCUT2D eigenvalue weighted by Crippen LogP contribution is -2.08. The van der Waals surface area contributed by atoms with Crippen LogP contribution >= 0.6 is 11.6 Å². The van der Waals surface area contributed by atoms with Gasteiger partial charge in [0.25, 0.3) is 0 Å². The third kappa shape index (κ3) is 3.17. The van der Waals surface area contributed by atoms with Gasteiger partial charge in [-0.1, -0.05) is 11.6 Å². The molecule has 1 aromatic heterocycles. The molecule has 2 rings (SSSR count). The van der Waals surface area contributed by atoms with Gasteiger partial charge in [0.15, 0.2) is 0 Å². The van der Waals surface area contributed by atoms with Gasteiger partial charge in [0.1, 0.15) is 30.1 Å². The molecule has 0 bridgehead atoms. The van der Waals surface area contributed by atoms with Crippen LogP contribution in [0.2, 0.25) is 5.02 Å². The molecule has 0 unspecified atom stereocenters. The molecule has 1 N–H and O–H groups in total. The second kappa shape index (κ2) is 5.62. The maximum absolute atomic E-state index is 12.9. The lowest BCUT2D eigenvalue weighted by Gasteiger charge is -2.07. The number of nitrogens with zero attached hydrogens (tertiary/aromatic N) is 2. The molecule has 0 amide bonds. The van der Waals surface area contributed by atoms with Crippen LogP contribution < -0.4 is 4.74 Å². The largest absolute Gasteiger partial charge is 0.487 e. The summed E-state index contributed by atoms with van der Waals surface area (Å²) in [5.41, 5.74) is 0.179. The number of carboxylic acid groups (broad SMARTS) is 1. The Morgan fingerprint density at radius 2 is 2.26 bits per heavy atom. The number of benzene rings is 1. The Kier molecular flexibility index (Phi) is 3.91. The zero-order valence-corrected chi connectivity index (χ0v) is 10.3. The lowest BCUT2D eigenvalue weighted by molar-refractivity contribution is 0.0692. The van der Waals surface area contributed by atoms with Crippen LogP contribution in [0, 0.1) is 5.82 Å². The maximum Gasteiger partial charge on any atom is 0.339 e. The van der Waals surface area contributed by atoms with Gasteiger partial charge in [-0.25, -0.2) is 19.2 Å². The van der Waals surface area contributed by atoms with E-state index < -0.39 is 11.8 Å². The average molecular weight is 283 g/mol. The van der Waals surface area contributed by atoms with Gasteiger partial charge in [-0.3, -0.25) is 0 Å². The topological polar surface area (TPSA) is 72.3 Å². The normalized spacial score (nSPS) is 10.2. The molecule has 1 aromatic carbocycles. The van der Waals surface area contributed by atoms with E-state index in [1.807, 2.05) is 0 Å². The summed E-state index contributed by atoms with van der Waals surface area (Å²) in [6, 6.07) is 3.86. The SMILES string of the molecule is O=C(O)c1cncnc1COc1ccc(F)c(Cl)c1. The summed E-state index contributed by atoms with van der Waals surface area (Å²) in [6.45, 7) is -0.0773. The monoisotopic (exact) mass is 282 g/mol. The number of hydrogen-bond acceptors (Lipinski definition) is 4. The fourth-order valence-corrected chi connectivity index (χ4v) is 1.54. The summed E-state index contributed by atoms with van der Waals surface area (Å²) >= 11 is 5.60. The standard InChI is InChI=1S/C12H8ClFN2O3/c13-9-3-7(1-2-10(9)14)19-5-11-8(12(17)18)4-15-6-16-11/h1-4,6H,5H2,(H,17,18). The molecule has 2 aromatic rings. The second-order valence-electron chi connectivity index (χ2n) is 3.55. The van der Waals surface area contributed by atoms with Crippen molar-refractivity contribution in [2.24, 2.45) is 0 Å². The molecule has 0 saturated heterocycles. The maximum atomic E-state index is 12.9. The average Bonchev–Trinajstić information content (AvgIpc) is 2.40. The van der Waals surface area contributed by atoms with Crippen molar-refractivity contribution in [3.8, 4) is 5.75 Å². The predicted octanol–water partition coefficient (Wildman–Crippen LogP) is 2.55. The summed E-state index contributed by atoms with van der Waals surface area (Å²) in [7, 11) is 0. The van der Waals surface area contributed by atoms with Crippen LogP contribution in [-0.4, -0.2) is 21.0 Å². The number of rotatable bonds is 4. The van der Waals surface area contributed by atoms with E-state index in [1.165, 1.54) is 24.7 Å². The fraction of sp³-hybridized carbons (Fsp3) is 0.0833. The highest BCUT2D eigenvalue weighted by atomic mass is 35.5. The van der Waals surface area contributed by atoms with E-state index in [9.17, 15) is 9.18 Å². The summed E-state index contributed by atoms with van der Waals surface area (Å²) < 4.78 is 18.3. The van der Waals surface area contributed by atoms with Crippen LogP contribution in [0.1, 0.15) is 16.1 Å². The molecule has 0 saturated carbocycles. The van der Waals surface area contributed by atoms with E-state index in [1.54, 1.807) is 0 Å². The summed E-state index contributed by atoms with van der Waals surface area (Å²) in [5.74, 6) is -1.38. The number of hydrogen-bond donors (Lipinski definition) is 1. The first-order chi connectivity index (χ1) is 9.08. The minimum atomic E-state index is -1.14. The number of carboxylic acids is 1. The number of halogens is 2.